The molecule has 210 valence electrons. The van der Waals surface area contributed by atoms with Crippen LogP contribution in [0.3, 0.4) is 0 Å². The van der Waals surface area contributed by atoms with Crippen molar-refractivity contribution in [3.05, 3.63) is 71.2 Å². The summed E-state index contributed by atoms with van der Waals surface area (Å²) in [5.41, 5.74) is 2.57. The van der Waals surface area contributed by atoms with E-state index in [0.717, 1.165) is 58.0 Å². The number of carbonyl (C=O) groups is 1. The molecule has 3 atom stereocenters. The van der Waals surface area contributed by atoms with E-state index < -0.39 is 0 Å². The van der Waals surface area contributed by atoms with Gasteiger partial charge in [0.25, 0.3) is 0 Å². The van der Waals surface area contributed by atoms with Gasteiger partial charge in [0.2, 0.25) is 5.91 Å². The van der Waals surface area contributed by atoms with E-state index in [1.54, 1.807) is 0 Å². The Bertz CT molecular complexity index is 1690. The zero-order valence-corrected chi connectivity index (χ0v) is 24.4. The van der Waals surface area contributed by atoms with Gasteiger partial charge in [0, 0.05) is 45.5 Å². The topological polar surface area (TPSA) is 61.8 Å². The molecule has 0 aliphatic carbocycles. The second-order valence-electron chi connectivity index (χ2n) is 11.2. The van der Waals surface area contributed by atoms with Crippen LogP contribution in [0.1, 0.15) is 19.3 Å². The summed E-state index contributed by atoms with van der Waals surface area (Å²) in [5, 5.41) is 4.14. The number of rotatable bonds is 6. The number of hydrogen-bond donors (Lipinski definition) is 0. The van der Waals surface area contributed by atoms with Crippen LogP contribution in [-0.2, 0) is 4.79 Å². The molecule has 3 saturated heterocycles. The molecule has 4 heterocycles. The molecule has 0 spiro atoms. The van der Waals surface area contributed by atoms with Crippen molar-refractivity contribution in [2.75, 3.05) is 38.2 Å². The van der Waals surface area contributed by atoms with Gasteiger partial charge < -0.3 is 19.4 Å². The van der Waals surface area contributed by atoms with Crippen molar-refractivity contribution in [3.8, 4) is 17.1 Å². The number of ether oxygens (including phenoxy) is 1. The molecule has 0 bridgehead atoms. The van der Waals surface area contributed by atoms with Crippen LogP contribution in [0.4, 0.5) is 5.82 Å². The van der Waals surface area contributed by atoms with Gasteiger partial charge in [0.15, 0.2) is 0 Å². The van der Waals surface area contributed by atoms with E-state index >= 15 is 0 Å². The van der Waals surface area contributed by atoms with E-state index in [1.165, 1.54) is 12.5 Å². The zero-order chi connectivity index (χ0) is 28.2. The molecule has 3 fully saturated rings. The molecule has 1 unspecified atom stereocenters. The van der Waals surface area contributed by atoms with E-state index in [4.69, 9.17) is 37.9 Å². The highest BCUT2D eigenvalue weighted by Gasteiger charge is 2.49. The highest BCUT2D eigenvalue weighted by molar-refractivity contribution is 6.38. The predicted octanol–water partition coefficient (Wildman–Crippen LogP) is 6.21. The first kappa shape index (κ1) is 26.5. The molecular formula is C32H31Cl2N5O2. The number of hydrogen-bond acceptors (Lipinski definition) is 6. The van der Waals surface area contributed by atoms with Crippen LogP contribution in [0.15, 0.2) is 61.2 Å². The molecule has 7 rings (SSSR count). The summed E-state index contributed by atoms with van der Waals surface area (Å²) in [6, 6.07) is 17.0. The lowest BCUT2D eigenvalue weighted by Gasteiger charge is -2.47. The third kappa shape index (κ3) is 4.51. The van der Waals surface area contributed by atoms with Gasteiger partial charge in [0.1, 0.15) is 12.4 Å². The van der Waals surface area contributed by atoms with Crippen molar-refractivity contribution in [3.63, 3.8) is 0 Å². The molecule has 9 heteroatoms. The molecule has 4 aromatic rings. The van der Waals surface area contributed by atoms with Crippen molar-refractivity contribution in [1.82, 2.24) is 19.8 Å². The third-order valence-corrected chi connectivity index (χ3v) is 9.62. The fourth-order valence-corrected chi connectivity index (χ4v) is 7.29. The molecule has 1 aromatic heterocycles. The highest BCUT2D eigenvalue weighted by Crippen LogP contribution is 2.43. The SMILES string of the molecule is C=CC(=O)N1CCC2[C@H]1CN2c1nc(OC[C@@H]2CCCN2C)nc2cc(-c3cccc4cccc(Cl)c34)c(Cl)cc12. The number of halogens is 2. The number of nitrogens with zero attached hydrogens (tertiary/aromatic N) is 5. The van der Waals surface area contributed by atoms with Crippen LogP contribution in [0.25, 0.3) is 32.8 Å². The van der Waals surface area contributed by atoms with E-state index in [1.807, 2.05) is 53.4 Å². The Hall–Kier alpha value is -3.39. The average Bonchev–Trinajstić information content (AvgIpc) is 3.53. The zero-order valence-electron chi connectivity index (χ0n) is 22.9. The Balaban J connectivity index is 1.32. The Morgan fingerprint density at radius 1 is 1.05 bits per heavy atom. The number of carbonyl (C=O) groups excluding carboxylic acids is 1. The van der Waals surface area contributed by atoms with Gasteiger partial charge in [-0.05, 0) is 68.1 Å². The van der Waals surface area contributed by atoms with Crippen molar-refractivity contribution < 1.29 is 9.53 Å². The summed E-state index contributed by atoms with van der Waals surface area (Å²) in [7, 11) is 2.13. The second kappa shape index (κ2) is 10.5. The van der Waals surface area contributed by atoms with Gasteiger partial charge in [-0.3, -0.25) is 4.79 Å². The first-order valence-electron chi connectivity index (χ1n) is 14.1. The Morgan fingerprint density at radius 2 is 1.88 bits per heavy atom. The fourth-order valence-electron chi connectivity index (χ4n) is 6.74. The van der Waals surface area contributed by atoms with Gasteiger partial charge in [-0.2, -0.15) is 9.97 Å². The standard InChI is InChI=1S/C32H31Cl2N5O2/c1-3-29(40)38-14-12-27-28(38)17-39(27)31-23-15-25(34)22(21-10-4-7-19-8-5-11-24(33)30(19)21)16-26(23)35-32(36-31)41-18-20-9-6-13-37(20)2/h3-5,7-8,10-11,15-16,20,27-28H,1,6,9,12-14,17-18H2,2H3/t20-,27?,28+/m0/s1. The maximum absolute atomic E-state index is 12.4. The predicted molar refractivity (Wildman–Crippen MR) is 165 cm³/mol. The number of anilines is 1. The van der Waals surface area contributed by atoms with Gasteiger partial charge in [-0.1, -0.05) is 60.1 Å². The van der Waals surface area contributed by atoms with Gasteiger partial charge in [0.05, 0.1) is 17.6 Å². The number of aromatic nitrogens is 2. The molecule has 41 heavy (non-hydrogen) atoms. The molecule has 3 aliphatic heterocycles. The molecule has 0 saturated carbocycles. The lowest BCUT2D eigenvalue weighted by atomic mass is 9.95. The van der Waals surface area contributed by atoms with E-state index in [-0.39, 0.29) is 18.0 Å². The van der Waals surface area contributed by atoms with Crippen LogP contribution in [-0.4, -0.2) is 77.1 Å². The quantitative estimate of drug-likeness (QED) is 0.250. The summed E-state index contributed by atoms with van der Waals surface area (Å²) in [6.45, 7) is 6.69. The minimum atomic E-state index is -0.0177. The monoisotopic (exact) mass is 587 g/mol. The lowest BCUT2D eigenvalue weighted by molar-refractivity contribution is -0.127. The van der Waals surface area contributed by atoms with Gasteiger partial charge >= 0.3 is 6.01 Å². The van der Waals surface area contributed by atoms with Crippen LogP contribution >= 0.6 is 23.2 Å². The fraction of sp³-hybridized carbons (Fsp3) is 0.344. The first-order chi connectivity index (χ1) is 19.9. The van der Waals surface area contributed by atoms with Gasteiger partial charge in [-0.25, -0.2) is 0 Å². The van der Waals surface area contributed by atoms with Crippen LogP contribution < -0.4 is 9.64 Å². The largest absolute Gasteiger partial charge is 0.462 e. The van der Waals surface area contributed by atoms with E-state index in [2.05, 4.69) is 23.4 Å². The molecule has 7 nitrogen and oxygen atoms in total. The maximum Gasteiger partial charge on any atom is 0.319 e. The van der Waals surface area contributed by atoms with E-state index in [0.29, 0.717) is 41.8 Å². The van der Waals surface area contributed by atoms with Crippen molar-refractivity contribution >= 4 is 56.6 Å². The van der Waals surface area contributed by atoms with Crippen molar-refractivity contribution in [1.29, 1.82) is 0 Å². The van der Waals surface area contributed by atoms with Crippen LogP contribution in [0.5, 0.6) is 6.01 Å². The number of likely N-dealkylation sites (N-methyl/N-ethyl adjacent to an activating group) is 1. The molecule has 0 N–H and O–H groups in total. The Kier molecular flexibility index (Phi) is 6.76. The number of benzene rings is 3. The van der Waals surface area contributed by atoms with Crippen molar-refractivity contribution in [2.24, 2.45) is 0 Å². The number of likely N-dealkylation sites (tertiary alicyclic amines) is 2. The molecule has 1 amide bonds. The summed E-state index contributed by atoms with van der Waals surface area (Å²) < 4.78 is 6.26. The molecule has 3 aromatic carbocycles. The minimum absolute atomic E-state index is 0.0177. The molecule has 0 radical (unpaired) electrons. The Labute approximate surface area is 249 Å². The first-order valence-corrected chi connectivity index (χ1v) is 14.9. The smallest absolute Gasteiger partial charge is 0.319 e. The normalized spacial score (nSPS) is 22.3. The minimum Gasteiger partial charge on any atom is -0.462 e. The van der Waals surface area contributed by atoms with E-state index in [9.17, 15) is 4.79 Å². The lowest BCUT2D eigenvalue weighted by Crippen LogP contribution is -2.63. The summed E-state index contributed by atoms with van der Waals surface area (Å²) in [4.78, 5) is 28.7. The summed E-state index contributed by atoms with van der Waals surface area (Å²) in [6.07, 6.45) is 4.54. The second-order valence-corrected chi connectivity index (χ2v) is 12.0. The van der Waals surface area contributed by atoms with Gasteiger partial charge in [-0.15, -0.1) is 0 Å². The van der Waals surface area contributed by atoms with Crippen LogP contribution in [0, 0.1) is 0 Å². The van der Waals surface area contributed by atoms with Crippen molar-refractivity contribution in [2.45, 2.75) is 37.4 Å². The van der Waals surface area contributed by atoms with Crippen LogP contribution in [0.2, 0.25) is 10.0 Å². The molecular weight excluding hydrogens is 557 g/mol. The maximum atomic E-state index is 12.4. The Morgan fingerprint density at radius 3 is 2.66 bits per heavy atom. The summed E-state index contributed by atoms with van der Waals surface area (Å²) >= 11 is 13.7. The number of amides is 1. The highest BCUT2D eigenvalue weighted by atomic mass is 35.5. The molecule has 3 aliphatic rings. The average molecular weight is 589 g/mol. The summed E-state index contributed by atoms with van der Waals surface area (Å²) in [5.74, 6) is 0.777. The third-order valence-electron chi connectivity index (χ3n) is 8.99. The number of fused-ring (bicyclic) bond motifs is 3.